The second kappa shape index (κ2) is 22.8. The van der Waals surface area contributed by atoms with Crippen molar-refractivity contribution >= 4 is 152 Å². The van der Waals surface area contributed by atoms with Crippen LogP contribution in [0, 0.1) is 10.1 Å². The molecule has 12 N–H and O–H groups in total. The zero-order valence-corrected chi connectivity index (χ0v) is 47.0. The van der Waals surface area contributed by atoms with Crippen LogP contribution in [0.3, 0.4) is 0 Å². The van der Waals surface area contributed by atoms with Gasteiger partial charge in [-0.25, -0.2) is 4.79 Å². The molecule has 39 nitrogen and oxygen atoms in total. The highest BCUT2D eigenvalue weighted by Gasteiger charge is 2.31. The van der Waals surface area contributed by atoms with E-state index in [-0.39, 0.29) is 18.2 Å². The number of carbonyl (C=O) groups excluding carboxylic acids is 1. The quantitative estimate of drug-likeness (QED) is 0.00954. The molecule has 458 valence electrons. The van der Waals surface area contributed by atoms with E-state index >= 15 is 0 Å². The van der Waals surface area contributed by atoms with E-state index in [1.54, 1.807) is 0 Å². The number of aromatic hydroxyl groups is 3. The number of nitro benzene ring substituents is 1. The first-order valence-corrected chi connectivity index (χ1v) is 31.0. The Morgan fingerprint density at radius 2 is 1.08 bits per heavy atom. The number of phenolic OH excluding ortho intramolecular Hbond substituents is 2. The highest BCUT2D eigenvalue weighted by Crippen LogP contribution is 2.49. The van der Waals surface area contributed by atoms with Crippen molar-refractivity contribution < 1.29 is 117 Å². The number of carboxylic acids is 1. The van der Waals surface area contributed by atoms with E-state index in [2.05, 4.69) is 50.7 Å². The number of anilines is 1. The van der Waals surface area contributed by atoms with E-state index in [4.69, 9.17) is 5.73 Å². The summed E-state index contributed by atoms with van der Waals surface area (Å²) in [5.74, 6) is -6.62. The number of nitrogen functional groups attached to an aromatic ring is 1. The van der Waals surface area contributed by atoms with Crippen molar-refractivity contribution in [1.82, 2.24) is 9.78 Å². The smallest absolute Gasteiger partial charge is 0.338 e. The molecular formula is C43H28N12O27S6. The number of fused-ring (bicyclic) bond motifs is 2. The number of nitro groups is 1. The first-order valence-electron chi connectivity index (χ1n) is 22.4. The Morgan fingerprint density at radius 3 is 1.65 bits per heavy atom. The van der Waals surface area contributed by atoms with Gasteiger partial charge in [-0.3, -0.25) is 42.2 Å². The van der Waals surface area contributed by atoms with Crippen molar-refractivity contribution in [1.29, 1.82) is 0 Å². The SMILES string of the molecule is Nc1c(N=Nc2ccc3c(O)c(N=Nc4cc(C(=O)O)c(N=Nc5c(OC=O)nn(-c6ccc(S(=O)(=O)O)cc6)c5O)c(S(=O)(=O)O)c4)c(S(=O)(=O)O)cc3c2S(=O)(=O)O)cc(S(=O)(=O)O)c2ccc(N=Nc3ccc([N+](=O)[O-])cc3S(=O)(=O)O)c(O)c12. The van der Waals surface area contributed by atoms with Crippen LogP contribution in [0.2, 0.25) is 0 Å². The fourth-order valence-corrected chi connectivity index (χ4v) is 11.8. The predicted molar refractivity (Wildman–Crippen MR) is 290 cm³/mol. The summed E-state index contributed by atoms with van der Waals surface area (Å²) >= 11 is 0. The summed E-state index contributed by atoms with van der Waals surface area (Å²) in [6, 6.07) is 10.3. The molecule has 0 radical (unpaired) electrons. The normalized spacial score (nSPS) is 13.0. The fraction of sp³-hybridized carbons (Fsp3) is 0. The van der Waals surface area contributed by atoms with Gasteiger partial charge in [0.05, 0.1) is 37.8 Å². The number of hydrogen-bond donors (Lipinski definition) is 11. The molecule has 0 aliphatic rings. The van der Waals surface area contributed by atoms with E-state index in [1.807, 2.05) is 0 Å². The van der Waals surface area contributed by atoms with Gasteiger partial charge in [0, 0.05) is 28.3 Å². The lowest BCUT2D eigenvalue weighted by molar-refractivity contribution is -0.385. The number of aromatic nitrogens is 2. The third kappa shape index (κ3) is 12.8. The Kier molecular flexibility index (Phi) is 16.5. The Labute approximate surface area is 488 Å². The van der Waals surface area contributed by atoms with Gasteiger partial charge in [0.15, 0.2) is 11.5 Å². The Bertz CT molecular complexity index is 5250. The van der Waals surface area contributed by atoms with Gasteiger partial charge >= 0.3 is 5.97 Å². The van der Waals surface area contributed by atoms with Crippen molar-refractivity contribution in [3.05, 3.63) is 107 Å². The number of aromatic carboxylic acids is 1. The molecule has 0 spiro atoms. The molecule has 45 heteroatoms. The first-order chi connectivity index (χ1) is 40.7. The van der Waals surface area contributed by atoms with Gasteiger partial charge in [-0.2, -0.15) is 60.3 Å². The van der Waals surface area contributed by atoms with E-state index in [1.165, 1.54) is 0 Å². The van der Waals surface area contributed by atoms with Crippen molar-refractivity contribution in [2.75, 3.05) is 5.73 Å². The Hall–Kier alpha value is -10.3. The minimum Gasteiger partial charge on any atom is -0.505 e. The van der Waals surface area contributed by atoms with Gasteiger partial charge in [-0.15, -0.1) is 40.9 Å². The maximum atomic E-state index is 13.1. The summed E-state index contributed by atoms with van der Waals surface area (Å²) in [4.78, 5) is 26.8. The molecule has 0 fully saturated rings. The highest BCUT2D eigenvalue weighted by atomic mass is 32.2. The van der Waals surface area contributed by atoms with Crippen LogP contribution in [0.15, 0.2) is 161 Å². The van der Waals surface area contributed by atoms with Crippen LogP contribution in [0.1, 0.15) is 10.4 Å². The van der Waals surface area contributed by atoms with E-state index in [9.17, 15) is 118 Å². The van der Waals surface area contributed by atoms with E-state index in [0.29, 0.717) is 35.0 Å². The molecule has 7 aromatic carbocycles. The monoisotopic (exact) mass is 1340 g/mol. The standard InChI is InChI=1S/C43H28N12O27S6/c44-34-28(15-29(84(67,68)69)22-7-9-26(39(58)33(22)34)47-46-25-8-3-19(55(62)63)13-30(25)85(70,71)72)49-48-27-10-6-21-23(40(27)88(79,80)81)14-32(87(76,77)78)36(38(21)57)51-45-17-11-24(43(60)61)35(31(12-17)86(73,74)75)50-52-37-41(82-16-56)53-54(42(37)59)18-1-4-20(5-2-18)83(64,65)66/h1-16,57-59H,44H2,(H,60,61)(H,64,65,66)(H,67,68,69)(H,70,71,72)(H,73,74,75)(H,76,77,78)(H,79,80,81). The minimum absolute atomic E-state index is 0.201. The maximum Gasteiger partial charge on any atom is 0.338 e. The number of ether oxygens (including phenoxy) is 1. The number of benzene rings is 7. The summed E-state index contributed by atoms with van der Waals surface area (Å²) in [5.41, 5.74) is -4.57. The first kappa shape index (κ1) is 63.7. The summed E-state index contributed by atoms with van der Waals surface area (Å²) in [5, 5.41) is 84.4. The molecule has 8 rings (SSSR count). The highest BCUT2D eigenvalue weighted by molar-refractivity contribution is 7.87. The van der Waals surface area contributed by atoms with E-state index in [0.717, 1.165) is 54.6 Å². The van der Waals surface area contributed by atoms with Crippen LogP contribution < -0.4 is 10.5 Å². The molecule has 0 atom stereocenters. The van der Waals surface area contributed by atoms with Crippen molar-refractivity contribution in [2.24, 2.45) is 40.9 Å². The van der Waals surface area contributed by atoms with Crippen LogP contribution in [0.25, 0.3) is 27.2 Å². The number of non-ortho nitro benzene ring substituents is 1. The summed E-state index contributed by atoms with van der Waals surface area (Å²) in [7, 11) is -32.5. The molecule has 1 aromatic heterocycles. The van der Waals surface area contributed by atoms with Gasteiger partial charge in [0.2, 0.25) is 11.6 Å². The lowest BCUT2D eigenvalue weighted by Crippen LogP contribution is -2.04. The van der Waals surface area contributed by atoms with Crippen LogP contribution in [-0.4, -0.2) is 125 Å². The number of nitrogens with two attached hydrogens (primary N) is 1. The topological polar surface area (TPSA) is 636 Å². The second-order valence-corrected chi connectivity index (χ2v) is 25.4. The average molecular weight is 1340 g/mol. The minimum atomic E-state index is -5.79. The number of carbonyl (C=O) groups is 2. The van der Waals surface area contributed by atoms with Crippen molar-refractivity contribution in [2.45, 2.75) is 29.4 Å². The molecule has 0 saturated heterocycles. The zero-order chi connectivity index (χ0) is 65.1. The van der Waals surface area contributed by atoms with Crippen LogP contribution in [0.4, 0.5) is 56.9 Å². The molecule has 0 unspecified atom stereocenters. The summed E-state index contributed by atoms with van der Waals surface area (Å²) in [6.45, 7) is -0.242. The lowest BCUT2D eigenvalue weighted by atomic mass is 10.1. The zero-order valence-electron chi connectivity index (χ0n) is 42.1. The molecule has 0 amide bonds. The Morgan fingerprint density at radius 1 is 0.545 bits per heavy atom. The third-order valence-electron chi connectivity index (χ3n) is 11.6. The fourth-order valence-electron chi connectivity index (χ4n) is 7.84. The summed E-state index contributed by atoms with van der Waals surface area (Å²) in [6.07, 6.45) is 0. The summed E-state index contributed by atoms with van der Waals surface area (Å²) < 4.78 is 216. The largest absolute Gasteiger partial charge is 0.505 e. The number of azo groups is 4. The van der Waals surface area contributed by atoms with Crippen LogP contribution >= 0.6 is 0 Å². The van der Waals surface area contributed by atoms with Gasteiger partial charge in [0.1, 0.15) is 58.6 Å². The number of phenols is 2. The molecule has 1 heterocycles. The number of rotatable bonds is 19. The molecular weight excluding hydrogens is 1310 g/mol. The van der Waals surface area contributed by atoms with Crippen molar-refractivity contribution in [3.8, 4) is 28.9 Å². The van der Waals surface area contributed by atoms with Gasteiger partial charge in [-0.1, -0.05) is 6.07 Å². The molecule has 0 saturated carbocycles. The average Bonchev–Trinajstić information content (AvgIpc) is 0.948. The van der Waals surface area contributed by atoms with Crippen LogP contribution in [-0.2, 0) is 65.5 Å². The van der Waals surface area contributed by atoms with Gasteiger partial charge < -0.3 is 30.9 Å². The number of hydrogen-bond acceptors (Lipinski definition) is 30. The number of nitrogens with zero attached hydrogens (tertiary/aromatic N) is 11. The molecule has 0 bridgehead atoms. The third-order valence-corrected chi connectivity index (χ3v) is 16.9. The number of carboxylic acid groups (broad SMARTS) is 1. The maximum absolute atomic E-state index is 13.1. The van der Waals surface area contributed by atoms with E-state index < -0.39 is 208 Å². The van der Waals surface area contributed by atoms with Crippen molar-refractivity contribution in [3.63, 3.8) is 0 Å². The Balaban J connectivity index is 1.23. The molecule has 8 aromatic rings. The second-order valence-electron chi connectivity index (χ2n) is 17.0. The van der Waals surface area contributed by atoms with Crippen LogP contribution in [0.5, 0.6) is 23.3 Å². The molecule has 0 aliphatic heterocycles. The lowest BCUT2D eigenvalue weighted by Gasteiger charge is -2.13. The van der Waals surface area contributed by atoms with Gasteiger partial charge in [0.25, 0.3) is 78.7 Å². The van der Waals surface area contributed by atoms with Gasteiger partial charge in [-0.05, 0) is 72.8 Å². The predicted octanol–water partition coefficient (Wildman–Crippen LogP) is 7.16. The molecule has 88 heavy (non-hydrogen) atoms. The molecule has 0 aliphatic carbocycles.